The van der Waals surface area contributed by atoms with E-state index in [0.717, 1.165) is 0 Å². The molecule has 1 rings (SSSR count). The quantitative estimate of drug-likeness (QED) is 0.660. The van der Waals surface area contributed by atoms with Gasteiger partial charge in [0, 0.05) is 0 Å². The molecule has 14 heavy (non-hydrogen) atoms. The Kier molecular flexibility index (Phi) is 5.38. The molecule has 1 aliphatic carbocycles. The molecule has 0 aliphatic heterocycles. The normalized spacial score (nSPS) is 19.1. The van der Waals surface area contributed by atoms with Gasteiger partial charge >= 0.3 is 68.8 Å². The van der Waals surface area contributed by atoms with E-state index >= 15 is 0 Å². The molecule has 0 fully saturated rings. The van der Waals surface area contributed by atoms with Crippen molar-refractivity contribution in [3.05, 3.63) is 22.4 Å². The van der Waals surface area contributed by atoms with Gasteiger partial charge in [-0.15, -0.1) is 0 Å². The SMILES string of the molecule is O.O.O.[CH3][Ru]([CH3])([CH3])([CH3])([CH3])[C]1=CC=CC1. The Balaban J connectivity index is -0.000000403. The van der Waals surface area contributed by atoms with Gasteiger partial charge in [-0.25, -0.2) is 0 Å². The van der Waals surface area contributed by atoms with Gasteiger partial charge in [-0.3, -0.25) is 0 Å². The van der Waals surface area contributed by atoms with Crippen LogP contribution in [0.4, 0.5) is 0 Å². The molecule has 0 amide bonds. The fourth-order valence-electron chi connectivity index (χ4n) is 1.07. The Bertz CT molecular complexity index is 242. The molecule has 3 nitrogen and oxygen atoms in total. The molecule has 0 aromatic heterocycles. The van der Waals surface area contributed by atoms with Gasteiger partial charge in [0.1, 0.15) is 0 Å². The molecule has 0 aromatic rings. The summed E-state index contributed by atoms with van der Waals surface area (Å²) in [7, 11) is 0. The van der Waals surface area contributed by atoms with E-state index in [1.807, 2.05) is 0 Å². The zero-order valence-electron chi connectivity index (χ0n) is 9.79. The summed E-state index contributed by atoms with van der Waals surface area (Å²) in [5.41, 5.74) is 12.4. The minimum absolute atomic E-state index is 0. The predicted molar refractivity (Wildman–Crippen MR) is 62.0 cm³/mol. The first-order chi connectivity index (χ1) is 4.59. The predicted octanol–water partition coefficient (Wildman–Crippen LogP) is 1.82. The van der Waals surface area contributed by atoms with Crippen LogP contribution in [0.1, 0.15) is 6.42 Å². The fraction of sp³-hybridized carbons (Fsp3) is 0.600. The molecule has 0 saturated carbocycles. The molecule has 0 unspecified atom stereocenters. The maximum absolute atomic E-state index is 2.47. The Hall–Kier alpha value is -0.0166. The van der Waals surface area contributed by atoms with Gasteiger partial charge in [-0.05, 0) is 0 Å². The summed E-state index contributed by atoms with van der Waals surface area (Å²) in [5, 5.41) is 0. The van der Waals surface area contributed by atoms with Crippen molar-refractivity contribution in [2.75, 3.05) is 0 Å². The van der Waals surface area contributed by atoms with Crippen LogP contribution in [0.15, 0.2) is 22.4 Å². The molecule has 0 spiro atoms. The van der Waals surface area contributed by atoms with Crippen molar-refractivity contribution in [1.82, 2.24) is 0 Å². The summed E-state index contributed by atoms with van der Waals surface area (Å²) < 4.78 is 1.69. The van der Waals surface area contributed by atoms with E-state index in [0.29, 0.717) is 0 Å². The summed E-state index contributed by atoms with van der Waals surface area (Å²) in [4.78, 5) is 0. The van der Waals surface area contributed by atoms with Gasteiger partial charge in [0.05, 0.1) is 0 Å². The zero-order chi connectivity index (χ0) is 8.81. The summed E-state index contributed by atoms with van der Waals surface area (Å²) in [5.74, 6) is 0. The van der Waals surface area contributed by atoms with Crippen LogP contribution < -0.4 is 0 Å². The molecule has 0 heterocycles. The molecule has 0 bridgehead atoms. The minimum atomic E-state index is -2.47. The first-order valence-electron chi connectivity index (χ1n) is 3.66. The van der Waals surface area contributed by atoms with E-state index in [1.54, 1.807) is 4.17 Å². The van der Waals surface area contributed by atoms with Crippen molar-refractivity contribution in [3.8, 4) is 0 Å². The van der Waals surface area contributed by atoms with Gasteiger partial charge < -0.3 is 16.4 Å². The van der Waals surface area contributed by atoms with Crippen LogP contribution >= 0.6 is 0 Å². The number of hydrogen-bond acceptors (Lipinski definition) is 0. The van der Waals surface area contributed by atoms with Crippen molar-refractivity contribution >= 4 is 0 Å². The Morgan fingerprint density at radius 1 is 0.929 bits per heavy atom. The van der Waals surface area contributed by atoms with E-state index in [4.69, 9.17) is 0 Å². The van der Waals surface area contributed by atoms with Crippen molar-refractivity contribution in [1.29, 1.82) is 0 Å². The second kappa shape index (κ2) is 3.86. The fourth-order valence-corrected chi connectivity index (χ4v) is 4.67. The molecule has 4 heteroatoms. The van der Waals surface area contributed by atoms with Crippen molar-refractivity contribution < 1.29 is 28.9 Å². The van der Waals surface area contributed by atoms with Gasteiger partial charge in [0.15, 0.2) is 0 Å². The number of hydrogen-bond donors (Lipinski definition) is 0. The molecule has 0 atom stereocenters. The first kappa shape index (κ1) is 19.5. The van der Waals surface area contributed by atoms with Crippen LogP contribution in [0, 0.1) is 0 Å². The van der Waals surface area contributed by atoms with Gasteiger partial charge in [0.2, 0.25) is 0 Å². The molecule has 6 N–H and O–H groups in total. The zero-order valence-corrected chi connectivity index (χ0v) is 11.5. The van der Waals surface area contributed by atoms with Crippen molar-refractivity contribution in [3.63, 3.8) is 0 Å². The standard InChI is InChI=1S/C5H5.5CH3.3H2O.Ru/c1-2-4-5-3-1;;;;;;;;;/h1-3H,4H2;5*1H3;3*1H2;. The average Bonchev–Trinajstić information content (AvgIpc) is 2.01. The monoisotopic (exact) mass is 296 g/mol. The number of allylic oxidation sites excluding steroid dienone is 4. The second-order valence-corrected chi connectivity index (χ2v) is 28.5. The van der Waals surface area contributed by atoms with Gasteiger partial charge in [-0.2, -0.15) is 0 Å². The van der Waals surface area contributed by atoms with Crippen LogP contribution in [0.25, 0.3) is 0 Å². The van der Waals surface area contributed by atoms with Crippen LogP contribution in [0.3, 0.4) is 0 Å². The molecule has 0 aromatic carbocycles. The van der Waals surface area contributed by atoms with E-state index < -0.39 is 12.4 Å². The van der Waals surface area contributed by atoms with Gasteiger partial charge in [0.25, 0.3) is 0 Å². The van der Waals surface area contributed by atoms with Crippen molar-refractivity contribution in [2.45, 2.75) is 34.0 Å². The van der Waals surface area contributed by atoms with Crippen LogP contribution in [-0.2, 0) is 12.4 Å². The van der Waals surface area contributed by atoms with E-state index in [2.05, 4.69) is 45.8 Å². The van der Waals surface area contributed by atoms with Gasteiger partial charge in [-0.1, -0.05) is 0 Å². The maximum atomic E-state index is 2.47. The van der Waals surface area contributed by atoms with Crippen LogP contribution in [0.5, 0.6) is 0 Å². The summed E-state index contributed by atoms with van der Waals surface area (Å²) in [6.45, 7) is 0. The summed E-state index contributed by atoms with van der Waals surface area (Å²) in [6.07, 6.45) is 7.97. The molecular weight excluding hydrogens is 269 g/mol. The van der Waals surface area contributed by atoms with Crippen molar-refractivity contribution in [2.24, 2.45) is 0 Å². The third kappa shape index (κ3) is 5.01. The summed E-state index contributed by atoms with van der Waals surface area (Å²) >= 11 is -2.47. The molecule has 0 saturated heterocycles. The Morgan fingerprint density at radius 2 is 1.36 bits per heavy atom. The van der Waals surface area contributed by atoms with E-state index in [-0.39, 0.29) is 16.4 Å². The second-order valence-electron chi connectivity index (χ2n) is 5.65. The Labute approximate surface area is 85.5 Å². The molecule has 92 valence electrons. The van der Waals surface area contributed by atoms with Crippen LogP contribution in [0.2, 0.25) is 27.6 Å². The Morgan fingerprint density at radius 3 is 1.50 bits per heavy atom. The topological polar surface area (TPSA) is 94.5 Å². The summed E-state index contributed by atoms with van der Waals surface area (Å²) in [6, 6.07) is 0. The third-order valence-corrected chi connectivity index (χ3v) is 8.08. The van der Waals surface area contributed by atoms with E-state index in [9.17, 15) is 0 Å². The van der Waals surface area contributed by atoms with E-state index in [1.165, 1.54) is 6.42 Å². The first-order valence-corrected chi connectivity index (χ1v) is 13.2. The molecule has 0 radical (unpaired) electrons. The van der Waals surface area contributed by atoms with Crippen LogP contribution in [-0.4, -0.2) is 16.4 Å². The average molecular weight is 295 g/mol. The third-order valence-electron chi connectivity index (χ3n) is 1.85. The molecular formula is C10H26O3Ru. The number of rotatable bonds is 1. The molecule has 1 aliphatic rings.